The Morgan fingerprint density at radius 3 is 2.35 bits per heavy atom. The zero-order chi connectivity index (χ0) is 13.4. The predicted octanol–water partition coefficient (Wildman–Crippen LogP) is 1.12. The van der Waals surface area contributed by atoms with Crippen LogP contribution in [0.15, 0.2) is 0 Å². The summed E-state index contributed by atoms with van der Waals surface area (Å²) in [6.07, 6.45) is 2.82. The number of amides is 1. The highest BCUT2D eigenvalue weighted by atomic mass is 16.4. The number of nitrogens with two attached hydrogens (primary N) is 1. The summed E-state index contributed by atoms with van der Waals surface area (Å²) in [5.41, 5.74) is 5.59. The normalized spacial score (nSPS) is 16.0. The van der Waals surface area contributed by atoms with Gasteiger partial charge in [0, 0.05) is 6.04 Å². The fraction of sp³-hybridized carbons (Fsp3) is 0.833. The Balaban J connectivity index is 3.76. The second kappa shape index (κ2) is 8.06. The lowest BCUT2D eigenvalue weighted by molar-refractivity contribution is -0.141. The van der Waals surface area contributed by atoms with E-state index in [1.807, 2.05) is 13.8 Å². The maximum atomic E-state index is 11.5. The molecule has 5 nitrogen and oxygen atoms in total. The van der Waals surface area contributed by atoms with Crippen LogP contribution in [0.2, 0.25) is 0 Å². The topological polar surface area (TPSA) is 92.4 Å². The molecule has 3 atom stereocenters. The van der Waals surface area contributed by atoms with E-state index >= 15 is 0 Å². The molecule has 0 aliphatic heterocycles. The molecule has 0 aromatic rings. The predicted molar refractivity (Wildman–Crippen MR) is 66.5 cm³/mol. The first-order valence-corrected chi connectivity index (χ1v) is 6.17. The molecule has 0 aliphatic carbocycles. The van der Waals surface area contributed by atoms with Crippen molar-refractivity contribution in [2.24, 2.45) is 11.7 Å². The highest BCUT2D eigenvalue weighted by Crippen LogP contribution is 2.09. The molecule has 4 N–H and O–H groups in total. The monoisotopic (exact) mass is 244 g/mol. The second-order valence-electron chi connectivity index (χ2n) is 4.59. The fourth-order valence-corrected chi connectivity index (χ4v) is 1.46. The number of carboxylic acid groups (broad SMARTS) is 1. The first kappa shape index (κ1) is 15.9. The van der Waals surface area contributed by atoms with Gasteiger partial charge in [-0.25, -0.2) is 0 Å². The SMILES string of the molecule is CCC(N)C(=O)NC(C)CCCC(C)C(=O)O. The summed E-state index contributed by atoms with van der Waals surface area (Å²) in [6.45, 7) is 5.47. The van der Waals surface area contributed by atoms with Gasteiger partial charge in [-0.2, -0.15) is 0 Å². The second-order valence-corrected chi connectivity index (χ2v) is 4.59. The van der Waals surface area contributed by atoms with E-state index in [4.69, 9.17) is 10.8 Å². The Hall–Kier alpha value is -1.10. The molecule has 3 unspecified atom stereocenters. The molecular formula is C12H24N2O3. The molecule has 0 heterocycles. The molecule has 0 saturated heterocycles. The van der Waals surface area contributed by atoms with Gasteiger partial charge in [0.1, 0.15) is 0 Å². The highest BCUT2D eigenvalue weighted by molar-refractivity contribution is 5.81. The molecule has 0 aromatic carbocycles. The maximum absolute atomic E-state index is 11.5. The molecule has 5 heteroatoms. The molecule has 0 rings (SSSR count). The minimum absolute atomic E-state index is 0.0427. The van der Waals surface area contributed by atoms with Gasteiger partial charge in [-0.05, 0) is 26.2 Å². The van der Waals surface area contributed by atoms with Gasteiger partial charge in [-0.1, -0.05) is 20.3 Å². The van der Waals surface area contributed by atoms with Crippen LogP contribution in [0, 0.1) is 5.92 Å². The summed E-state index contributed by atoms with van der Waals surface area (Å²) in [4.78, 5) is 22.1. The van der Waals surface area contributed by atoms with Gasteiger partial charge in [0.05, 0.1) is 12.0 Å². The first-order chi connectivity index (χ1) is 7.88. The molecule has 100 valence electrons. The van der Waals surface area contributed by atoms with Crippen molar-refractivity contribution in [3.05, 3.63) is 0 Å². The third-order valence-electron chi connectivity index (χ3n) is 2.86. The van der Waals surface area contributed by atoms with E-state index in [1.165, 1.54) is 0 Å². The lowest BCUT2D eigenvalue weighted by Gasteiger charge is -2.17. The molecule has 1 amide bonds. The van der Waals surface area contributed by atoms with Crippen molar-refractivity contribution in [3.63, 3.8) is 0 Å². The minimum Gasteiger partial charge on any atom is -0.481 e. The molecule has 0 aliphatic rings. The summed E-state index contributed by atoms with van der Waals surface area (Å²) < 4.78 is 0. The zero-order valence-corrected chi connectivity index (χ0v) is 10.9. The Labute approximate surface area is 103 Å². The number of carbonyl (C=O) groups excluding carboxylic acids is 1. The molecule has 0 spiro atoms. The van der Waals surface area contributed by atoms with Gasteiger partial charge in [0.2, 0.25) is 5.91 Å². The number of carbonyl (C=O) groups is 2. The van der Waals surface area contributed by atoms with Crippen molar-refractivity contribution in [1.82, 2.24) is 5.32 Å². The van der Waals surface area contributed by atoms with Crippen LogP contribution in [0.4, 0.5) is 0 Å². The van der Waals surface area contributed by atoms with Crippen LogP contribution in [-0.4, -0.2) is 29.1 Å². The Morgan fingerprint density at radius 1 is 1.29 bits per heavy atom. The number of aliphatic carboxylic acids is 1. The smallest absolute Gasteiger partial charge is 0.306 e. The summed E-state index contributed by atoms with van der Waals surface area (Å²) in [5, 5.41) is 11.5. The Morgan fingerprint density at radius 2 is 1.88 bits per heavy atom. The molecule has 0 bridgehead atoms. The van der Waals surface area contributed by atoms with Gasteiger partial charge in [-0.15, -0.1) is 0 Å². The van der Waals surface area contributed by atoms with E-state index in [0.29, 0.717) is 12.8 Å². The zero-order valence-electron chi connectivity index (χ0n) is 10.9. The van der Waals surface area contributed by atoms with Crippen molar-refractivity contribution in [3.8, 4) is 0 Å². The van der Waals surface area contributed by atoms with Crippen LogP contribution in [0.1, 0.15) is 46.5 Å². The highest BCUT2D eigenvalue weighted by Gasteiger charge is 2.15. The van der Waals surface area contributed by atoms with Crippen molar-refractivity contribution in [2.45, 2.75) is 58.5 Å². The third-order valence-corrected chi connectivity index (χ3v) is 2.86. The molecule has 0 radical (unpaired) electrons. The standard InChI is InChI=1S/C12H24N2O3/c1-4-10(13)11(15)14-9(3)7-5-6-8(2)12(16)17/h8-10H,4-7,13H2,1-3H3,(H,14,15)(H,16,17). The van der Waals surface area contributed by atoms with E-state index in [1.54, 1.807) is 6.92 Å². The first-order valence-electron chi connectivity index (χ1n) is 6.17. The van der Waals surface area contributed by atoms with Crippen LogP contribution in [0.3, 0.4) is 0 Å². The van der Waals surface area contributed by atoms with Crippen LogP contribution in [0.5, 0.6) is 0 Å². The molecule has 0 aromatic heterocycles. The lowest BCUT2D eigenvalue weighted by atomic mass is 10.0. The Kier molecular flexibility index (Phi) is 7.54. The van der Waals surface area contributed by atoms with Crippen LogP contribution < -0.4 is 11.1 Å². The minimum atomic E-state index is -0.769. The summed E-state index contributed by atoms with van der Waals surface area (Å²) in [7, 11) is 0. The van der Waals surface area contributed by atoms with Crippen molar-refractivity contribution < 1.29 is 14.7 Å². The van der Waals surface area contributed by atoms with Crippen molar-refractivity contribution in [1.29, 1.82) is 0 Å². The quantitative estimate of drug-likeness (QED) is 0.596. The number of hydrogen-bond acceptors (Lipinski definition) is 3. The van der Waals surface area contributed by atoms with Gasteiger partial charge in [0.25, 0.3) is 0 Å². The summed E-state index contributed by atoms with van der Waals surface area (Å²) in [6, 6.07) is -0.406. The van der Waals surface area contributed by atoms with E-state index in [-0.39, 0.29) is 17.9 Å². The van der Waals surface area contributed by atoms with Crippen molar-refractivity contribution in [2.75, 3.05) is 0 Å². The summed E-state index contributed by atoms with van der Waals surface area (Å²) in [5.74, 6) is -1.23. The van der Waals surface area contributed by atoms with E-state index in [0.717, 1.165) is 12.8 Å². The molecule has 17 heavy (non-hydrogen) atoms. The van der Waals surface area contributed by atoms with Gasteiger partial charge in [0.15, 0.2) is 0 Å². The number of rotatable bonds is 8. The summed E-state index contributed by atoms with van der Waals surface area (Å²) >= 11 is 0. The van der Waals surface area contributed by atoms with Gasteiger partial charge >= 0.3 is 5.97 Å². The molecular weight excluding hydrogens is 220 g/mol. The average Bonchev–Trinajstić information content (AvgIpc) is 2.27. The van der Waals surface area contributed by atoms with Gasteiger partial charge in [-0.3, -0.25) is 9.59 Å². The number of nitrogens with one attached hydrogen (secondary N) is 1. The van der Waals surface area contributed by atoms with E-state index < -0.39 is 12.0 Å². The third kappa shape index (κ3) is 6.94. The number of carboxylic acids is 1. The maximum Gasteiger partial charge on any atom is 0.306 e. The van der Waals surface area contributed by atoms with Crippen LogP contribution in [-0.2, 0) is 9.59 Å². The van der Waals surface area contributed by atoms with E-state index in [2.05, 4.69) is 5.32 Å². The average molecular weight is 244 g/mol. The Bertz CT molecular complexity index is 256. The largest absolute Gasteiger partial charge is 0.481 e. The molecule has 0 saturated carbocycles. The van der Waals surface area contributed by atoms with Gasteiger partial charge < -0.3 is 16.2 Å². The lowest BCUT2D eigenvalue weighted by Crippen LogP contribution is -2.44. The van der Waals surface area contributed by atoms with E-state index in [9.17, 15) is 9.59 Å². The fourth-order valence-electron chi connectivity index (χ4n) is 1.46. The van der Waals surface area contributed by atoms with Crippen LogP contribution >= 0.6 is 0 Å². The van der Waals surface area contributed by atoms with Crippen LogP contribution in [0.25, 0.3) is 0 Å². The molecule has 0 fully saturated rings. The van der Waals surface area contributed by atoms with Crippen molar-refractivity contribution >= 4 is 11.9 Å². The number of hydrogen-bond donors (Lipinski definition) is 3.